The van der Waals surface area contributed by atoms with Crippen LogP contribution in [0.1, 0.15) is 29.5 Å². The van der Waals surface area contributed by atoms with E-state index in [1.165, 1.54) is 33.9 Å². The SMILES string of the molecule is O=C(NCCN1CCOCC1)[C@H]1C[C@@H](C(=O)Nc2ccc3c(c2)CCC3)CN(Cc2ccc3ccccc3c2)C1. The van der Waals surface area contributed by atoms with E-state index in [0.717, 1.165) is 51.4 Å². The number of morpholine rings is 1. The third kappa shape index (κ3) is 6.54. The molecule has 2 atom stereocenters. The Hall–Kier alpha value is -3.26. The predicted octanol–water partition coefficient (Wildman–Crippen LogP) is 3.85. The summed E-state index contributed by atoms with van der Waals surface area (Å²) in [6.45, 7) is 6.76. The van der Waals surface area contributed by atoms with Gasteiger partial charge in [0, 0.05) is 51.5 Å². The van der Waals surface area contributed by atoms with Crippen LogP contribution in [0.5, 0.6) is 0 Å². The van der Waals surface area contributed by atoms with Crippen molar-refractivity contribution >= 4 is 28.3 Å². The topological polar surface area (TPSA) is 73.9 Å². The fraction of sp³-hybridized carbons (Fsp3) is 0.455. The molecule has 210 valence electrons. The van der Waals surface area contributed by atoms with Gasteiger partial charge in [0.2, 0.25) is 11.8 Å². The lowest BCUT2D eigenvalue weighted by Crippen LogP contribution is -2.50. The summed E-state index contributed by atoms with van der Waals surface area (Å²) in [5, 5.41) is 8.77. The van der Waals surface area contributed by atoms with Gasteiger partial charge in [-0.05, 0) is 71.3 Å². The lowest BCUT2D eigenvalue weighted by atomic mass is 9.87. The molecule has 2 aliphatic heterocycles. The summed E-state index contributed by atoms with van der Waals surface area (Å²) < 4.78 is 5.43. The molecule has 3 aromatic carbocycles. The number of hydrogen-bond donors (Lipinski definition) is 2. The van der Waals surface area contributed by atoms with E-state index in [9.17, 15) is 9.59 Å². The number of carbonyl (C=O) groups excluding carboxylic acids is 2. The number of carbonyl (C=O) groups is 2. The third-order valence-electron chi connectivity index (χ3n) is 8.68. The second-order valence-electron chi connectivity index (χ2n) is 11.6. The Labute approximate surface area is 236 Å². The maximum atomic E-state index is 13.5. The van der Waals surface area contributed by atoms with Crippen molar-refractivity contribution in [3.8, 4) is 0 Å². The predicted molar refractivity (Wildman–Crippen MR) is 158 cm³/mol. The summed E-state index contributed by atoms with van der Waals surface area (Å²) in [5.74, 6) is -0.425. The molecule has 2 N–H and O–H groups in total. The largest absolute Gasteiger partial charge is 0.379 e. The Balaban J connectivity index is 1.13. The monoisotopic (exact) mass is 540 g/mol. The quantitative estimate of drug-likeness (QED) is 0.454. The number of fused-ring (bicyclic) bond motifs is 2. The van der Waals surface area contributed by atoms with Crippen LogP contribution < -0.4 is 10.6 Å². The molecular weight excluding hydrogens is 500 g/mol. The standard InChI is InChI=1S/C33H40N4O3/c38-32(34-12-13-36-14-16-40-17-15-36)29-19-30(33(39)35-31-11-10-26-6-3-7-28(26)20-31)23-37(22-29)21-24-8-9-25-4-1-2-5-27(25)18-24/h1-2,4-5,8-11,18,20,29-30H,3,6-7,12-17,19,21-23H2,(H,34,38)(H,35,39)/t29-,30+/m0/s1. The van der Waals surface area contributed by atoms with E-state index in [-0.39, 0.29) is 23.7 Å². The molecule has 2 fully saturated rings. The average molecular weight is 541 g/mol. The summed E-state index contributed by atoms with van der Waals surface area (Å²) in [7, 11) is 0. The van der Waals surface area contributed by atoms with Crippen LogP contribution in [-0.4, -0.2) is 74.1 Å². The number of anilines is 1. The number of nitrogens with one attached hydrogen (secondary N) is 2. The lowest BCUT2D eigenvalue weighted by molar-refractivity contribution is -0.130. The lowest BCUT2D eigenvalue weighted by Gasteiger charge is -2.36. The molecule has 2 saturated heterocycles. The number of hydrogen-bond acceptors (Lipinski definition) is 5. The van der Waals surface area contributed by atoms with Crippen LogP contribution in [0, 0.1) is 11.8 Å². The van der Waals surface area contributed by atoms with Crippen LogP contribution in [0.3, 0.4) is 0 Å². The molecule has 0 unspecified atom stereocenters. The Kier molecular flexibility index (Phi) is 8.42. The molecule has 2 heterocycles. The molecule has 1 aliphatic carbocycles. The van der Waals surface area contributed by atoms with Crippen molar-refractivity contribution in [1.29, 1.82) is 0 Å². The van der Waals surface area contributed by atoms with Gasteiger partial charge in [-0.2, -0.15) is 0 Å². The van der Waals surface area contributed by atoms with Crippen molar-refractivity contribution in [2.24, 2.45) is 11.8 Å². The minimum absolute atomic E-state index is 0.00674. The summed E-state index contributed by atoms with van der Waals surface area (Å²) in [5.41, 5.74) is 4.80. The van der Waals surface area contributed by atoms with Crippen LogP contribution in [0.2, 0.25) is 0 Å². The third-order valence-corrected chi connectivity index (χ3v) is 8.68. The van der Waals surface area contributed by atoms with Crippen molar-refractivity contribution in [3.63, 3.8) is 0 Å². The number of aryl methyl sites for hydroxylation is 2. The van der Waals surface area contributed by atoms with Gasteiger partial charge in [-0.15, -0.1) is 0 Å². The van der Waals surface area contributed by atoms with E-state index < -0.39 is 0 Å². The minimum atomic E-state index is -0.252. The Morgan fingerprint density at radius 1 is 0.825 bits per heavy atom. The fourth-order valence-electron chi connectivity index (χ4n) is 6.49. The zero-order valence-electron chi connectivity index (χ0n) is 23.2. The molecule has 0 bridgehead atoms. The first-order chi connectivity index (χ1) is 19.6. The zero-order valence-corrected chi connectivity index (χ0v) is 23.2. The number of ether oxygens (including phenoxy) is 1. The average Bonchev–Trinajstić information content (AvgIpc) is 3.45. The van der Waals surface area contributed by atoms with E-state index in [0.29, 0.717) is 32.6 Å². The molecular formula is C33H40N4O3. The van der Waals surface area contributed by atoms with Crippen molar-refractivity contribution in [1.82, 2.24) is 15.1 Å². The van der Waals surface area contributed by atoms with Gasteiger partial charge in [-0.3, -0.25) is 19.4 Å². The second-order valence-corrected chi connectivity index (χ2v) is 11.6. The summed E-state index contributed by atoms with van der Waals surface area (Å²) in [6, 6.07) is 21.2. The molecule has 3 aliphatic rings. The molecule has 6 rings (SSSR count). The smallest absolute Gasteiger partial charge is 0.228 e. The number of piperidine rings is 1. The van der Waals surface area contributed by atoms with Crippen LogP contribution in [0.15, 0.2) is 60.7 Å². The highest BCUT2D eigenvalue weighted by Gasteiger charge is 2.35. The van der Waals surface area contributed by atoms with E-state index >= 15 is 0 Å². The highest BCUT2D eigenvalue weighted by molar-refractivity contribution is 5.93. The Bertz CT molecular complexity index is 1350. The van der Waals surface area contributed by atoms with E-state index in [2.05, 4.69) is 75.0 Å². The van der Waals surface area contributed by atoms with Gasteiger partial charge in [-0.25, -0.2) is 0 Å². The zero-order chi connectivity index (χ0) is 27.3. The number of likely N-dealkylation sites (tertiary alicyclic amines) is 1. The highest BCUT2D eigenvalue weighted by atomic mass is 16.5. The highest BCUT2D eigenvalue weighted by Crippen LogP contribution is 2.28. The van der Waals surface area contributed by atoms with E-state index in [1.54, 1.807) is 0 Å². The molecule has 7 heteroatoms. The number of benzene rings is 3. The van der Waals surface area contributed by atoms with Gasteiger partial charge in [0.25, 0.3) is 0 Å². The van der Waals surface area contributed by atoms with Crippen molar-refractivity contribution in [3.05, 3.63) is 77.4 Å². The van der Waals surface area contributed by atoms with Crippen molar-refractivity contribution in [2.75, 3.05) is 57.8 Å². The van der Waals surface area contributed by atoms with Gasteiger partial charge in [-0.1, -0.05) is 42.5 Å². The molecule has 40 heavy (non-hydrogen) atoms. The minimum Gasteiger partial charge on any atom is -0.379 e. The number of amides is 2. The molecule has 0 saturated carbocycles. The second kappa shape index (κ2) is 12.5. The van der Waals surface area contributed by atoms with E-state index in [1.807, 2.05) is 6.07 Å². The number of rotatable bonds is 8. The molecule has 3 aromatic rings. The van der Waals surface area contributed by atoms with Crippen LogP contribution in [-0.2, 0) is 33.7 Å². The summed E-state index contributed by atoms with van der Waals surface area (Å²) in [4.78, 5) is 31.5. The van der Waals surface area contributed by atoms with Gasteiger partial charge in [0.1, 0.15) is 0 Å². The van der Waals surface area contributed by atoms with Crippen molar-refractivity contribution in [2.45, 2.75) is 32.2 Å². The first kappa shape index (κ1) is 26.9. The maximum absolute atomic E-state index is 13.5. The molecule has 0 spiro atoms. The van der Waals surface area contributed by atoms with E-state index in [4.69, 9.17) is 4.74 Å². The van der Waals surface area contributed by atoms with Gasteiger partial charge in [0.15, 0.2) is 0 Å². The Morgan fingerprint density at radius 2 is 1.60 bits per heavy atom. The van der Waals surface area contributed by atoms with Gasteiger partial charge in [0.05, 0.1) is 25.0 Å². The molecule has 7 nitrogen and oxygen atoms in total. The van der Waals surface area contributed by atoms with Gasteiger partial charge < -0.3 is 15.4 Å². The normalized spacial score (nSPS) is 21.7. The van der Waals surface area contributed by atoms with Crippen LogP contribution in [0.4, 0.5) is 5.69 Å². The van der Waals surface area contributed by atoms with Gasteiger partial charge >= 0.3 is 0 Å². The summed E-state index contributed by atoms with van der Waals surface area (Å²) in [6.07, 6.45) is 3.95. The van der Waals surface area contributed by atoms with Crippen LogP contribution >= 0.6 is 0 Å². The molecule has 2 amide bonds. The van der Waals surface area contributed by atoms with Crippen molar-refractivity contribution < 1.29 is 14.3 Å². The maximum Gasteiger partial charge on any atom is 0.228 e. The molecule has 0 aromatic heterocycles. The fourth-order valence-corrected chi connectivity index (χ4v) is 6.49. The van der Waals surface area contributed by atoms with Crippen LogP contribution in [0.25, 0.3) is 10.8 Å². The first-order valence-corrected chi connectivity index (χ1v) is 14.8. The Morgan fingerprint density at radius 3 is 2.45 bits per heavy atom. The first-order valence-electron chi connectivity index (χ1n) is 14.8. The number of nitrogens with zero attached hydrogens (tertiary/aromatic N) is 2. The molecule has 0 radical (unpaired) electrons. The summed E-state index contributed by atoms with van der Waals surface area (Å²) >= 11 is 0.